The Bertz CT molecular complexity index is 1420. The van der Waals surface area contributed by atoms with Crippen molar-refractivity contribution in [1.82, 2.24) is 9.97 Å². The number of esters is 1. The number of carbonyl (C=O) groups is 1. The normalized spacial score (nSPS) is 12.9. The number of carbonyl (C=O) groups excluding carboxylic acids is 1. The van der Waals surface area contributed by atoms with E-state index >= 15 is 0 Å². The first-order valence-electron chi connectivity index (χ1n) is 13.1. The summed E-state index contributed by atoms with van der Waals surface area (Å²) in [6.45, 7) is 12.4. The van der Waals surface area contributed by atoms with Crippen LogP contribution in [0.5, 0.6) is 5.75 Å². The molecule has 3 rings (SSSR count). The minimum absolute atomic E-state index is 0.00209. The molecular formula is C30H34F3N3O4Si. The molecule has 0 aliphatic carbocycles. The molecule has 1 aromatic heterocycles. The number of ether oxygens (including phenoxy) is 2. The van der Waals surface area contributed by atoms with Gasteiger partial charge in [0.05, 0.1) is 29.5 Å². The number of aromatic nitrogens is 2. The fourth-order valence-corrected chi connectivity index (χ4v) is 4.98. The van der Waals surface area contributed by atoms with E-state index in [2.05, 4.69) is 43.8 Å². The minimum atomic E-state index is -4.69. The van der Waals surface area contributed by atoms with Gasteiger partial charge in [-0.1, -0.05) is 39.0 Å². The topological polar surface area (TPSA) is 94.3 Å². The van der Waals surface area contributed by atoms with Crippen LogP contribution in [0.4, 0.5) is 13.2 Å². The molecule has 0 radical (unpaired) electrons. The first-order chi connectivity index (χ1) is 19.2. The summed E-state index contributed by atoms with van der Waals surface area (Å²) in [5.41, 5.74) is -0.231. The lowest BCUT2D eigenvalue weighted by atomic mass is 10.0. The van der Waals surface area contributed by atoms with Crippen LogP contribution in [0.15, 0.2) is 54.7 Å². The van der Waals surface area contributed by atoms with Crippen molar-refractivity contribution >= 4 is 14.3 Å². The van der Waals surface area contributed by atoms with Gasteiger partial charge < -0.3 is 13.9 Å². The van der Waals surface area contributed by atoms with Crippen LogP contribution >= 0.6 is 0 Å². The molecule has 0 amide bonds. The van der Waals surface area contributed by atoms with Gasteiger partial charge in [0.15, 0.2) is 14.1 Å². The van der Waals surface area contributed by atoms with Crippen molar-refractivity contribution in [1.29, 1.82) is 5.26 Å². The Kier molecular flexibility index (Phi) is 9.94. The highest BCUT2D eigenvalue weighted by molar-refractivity contribution is 6.74. The second-order valence-corrected chi connectivity index (χ2v) is 15.7. The highest BCUT2D eigenvalue weighted by atomic mass is 28.4. The van der Waals surface area contributed by atoms with E-state index in [9.17, 15) is 18.0 Å². The Morgan fingerprint density at radius 2 is 1.80 bits per heavy atom. The van der Waals surface area contributed by atoms with Crippen LogP contribution in [-0.4, -0.2) is 37.0 Å². The molecule has 7 nitrogen and oxygen atoms in total. The Morgan fingerprint density at radius 1 is 1.10 bits per heavy atom. The SMILES string of the molecule is CCOC(=O)[C@H](Cc1ccccc1OCc1ccnc(-c2ccc(C#N)c(C(F)(F)F)c2)n1)O[Si](C)(C)C(C)(C)C. The third-order valence-corrected chi connectivity index (χ3v) is 11.4. The zero-order valence-electron chi connectivity index (χ0n) is 24.0. The quantitative estimate of drug-likeness (QED) is 0.185. The van der Waals surface area contributed by atoms with E-state index in [1.165, 1.54) is 12.3 Å². The molecular weight excluding hydrogens is 551 g/mol. The molecule has 41 heavy (non-hydrogen) atoms. The molecule has 11 heteroatoms. The highest BCUT2D eigenvalue weighted by Crippen LogP contribution is 2.38. The smallest absolute Gasteiger partial charge is 0.417 e. The molecule has 0 N–H and O–H groups in total. The molecule has 218 valence electrons. The van der Waals surface area contributed by atoms with Crippen LogP contribution in [0, 0.1) is 11.3 Å². The third-order valence-electron chi connectivity index (χ3n) is 6.96. The maximum absolute atomic E-state index is 13.4. The standard InChI is InChI=1S/C30H34F3N3O4Si/c1-7-38-28(37)26(40-41(5,6)29(2,3)4)17-20-10-8-9-11-25(20)39-19-23-14-15-35-27(36-23)21-12-13-22(18-34)24(16-21)30(31,32)33/h8-16,26H,7,17,19H2,1-6H3/t26-/m0/s1. The van der Waals surface area contributed by atoms with E-state index in [0.29, 0.717) is 11.4 Å². The number of benzene rings is 2. The summed E-state index contributed by atoms with van der Waals surface area (Å²) < 4.78 is 58.1. The maximum Gasteiger partial charge on any atom is 0.417 e. The van der Waals surface area contributed by atoms with Gasteiger partial charge in [-0.2, -0.15) is 18.4 Å². The Labute approximate surface area is 239 Å². The van der Waals surface area contributed by atoms with E-state index in [1.807, 2.05) is 12.1 Å². The van der Waals surface area contributed by atoms with Crippen molar-refractivity contribution in [2.75, 3.05) is 6.61 Å². The van der Waals surface area contributed by atoms with E-state index in [-0.39, 0.29) is 36.1 Å². The van der Waals surface area contributed by atoms with Crippen LogP contribution in [0.1, 0.15) is 50.1 Å². The number of nitriles is 1. The molecule has 0 bridgehead atoms. The Hall–Kier alpha value is -3.75. The third kappa shape index (κ3) is 8.14. The zero-order chi connectivity index (χ0) is 30.4. The lowest BCUT2D eigenvalue weighted by Gasteiger charge is -2.38. The lowest BCUT2D eigenvalue weighted by molar-refractivity contribution is -0.152. The minimum Gasteiger partial charge on any atom is -0.487 e. The van der Waals surface area contributed by atoms with E-state index in [0.717, 1.165) is 17.7 Å². The zero-order valence-corrected chi connectivity index (χ0v) is 25.0. The predicted octanol–water partition coefficient (Wildman–Crippen LogP) is 7.11. The van der Waals surface area contributed by atoms with Crippen molar-refractivity contribution in [3.63, 3.8) is 0 Å². The highest BCUT2D eigenvalue weighted by Gasteiger charge is 2.41. The molecule has 0 saturated carbocycles. The number of para-hydroxylation sites is 1. The van der Waals surface area contributed by atoms with Crippen molar-refractivity contribution in [2.45, 2.75) is 71.1 Å². The fraction of sp³-hybridized carbons (Fsp3) is 0.400. The monoisotopic (exact) mass is 585 g/mol. The summed E-state index contributed by atoms with van der Waals surface area (Å²) in [4.78, 5) is 21.4. The van der Waals surface area contributed by atoms with Crippen LogP contribution in [0.2, 0.25) is 18.1 Å². The summed E-state index contributed by atoms with van der Waals surface area (Å²) in [6, 6.07) is 13.8. The maximum atomic E-state index is 13.4. The number of halogens is 3. The van der Waals surface area contributed by atoms with Crippen LogP contribution in [0.3, 0.4) is 0 Å². The largest absolute Gasteiger partial charge is 0.487 e. The lowest BCUT2D eigenvalue weighted by Crippen LogP contribution is -2.47. The van der Waals surface area contributed by atoms with Gasteiger partial charge >= 0.3 is 12.1 Å². The molecule has 0 aliphatic rings. The van der Waals surface area contributed by atoms with Crippen LogP contribution in [-0.2, 0) is 33.2 Å². The first-order valence-corrected chi connectivity index (χ1v) is 16.1. The van der Waals surface area contributed by atoms with E-state index < -0.39 is 37.7 Å². The van der Waals surface area contributed by atoms with Gasteiger partial charge in [0.25, 0.3) is 0 Å². The molecule has 1 heterocycles. The van der Waals surface area contributed by atoms with Crippen molar-refractivity contribution in [3.8, 4) is 23.2 Å². The summed E-state index contributed by atoms with van der Waals surface area (Å²) in [5.74, 6) is 0.145. The number of hydrogen-bond acceptors (Lipinski definition) is 7. The summed E-state index contributed by atoms with van der Waals surface area (Å²) in [6.07, 6.45) is -3.84. The molecule has 0 saturated heterocycles. The second-order valence-electron chi connectivity index (χ2n) is 11.0. The summed E-state index contributed by atoms with van der Waals surface area (Å²) in [5, 5.41) is 8.94. The van der Waals surface area contributed by atoms with Crippen LogP contribution < -0.4 is 4.74 Å². The van der Waals surface area contributed by atoms with Gasteiger partial charge in [-0.15, -0.1) is 0 Å². The summed E-state index contributed by atoms with van der Waals surface area (Å²) >= 11 is 0. The van der Waals surface area contributed by atoms with Gasteiger partial charge in [-0.3, -0.25) is 0 Å². The molecule has 2 aromatic carbocycles. The van der Waals surface area contributed by atoms with Gasteiger partial charge in [0, 0.05) is 18.2 Å². The van der Waals surface area contributed by atoms with Gasteiger partial charge in [0.1, 0.15) is 18.5 Å². The summed E-state index contributed by atoms with van der Waals surface area (Å²) in [7, 11) is -2.31. The van der Waals surface area contributed by atoms with Crippen molar-refractivity contribution < 1.29 is 31.9 Å². The average Bonchev–Trinajstić information content (AvgIpc) is 2.91. The molecule has 0 fully saturated rings. The first kappa shape index (κ1) is 31.8. The number of alkyl halides is 3. The van der Waals surface area contributed by atoms with E-state index in [4.69, 9.17) is 19.2 Å². The van der Waals surface area contributed by atoms with Crippen molar-refractivity contribution in [3.05, 3.63) is 77.1 Å². The number of hydrogen-bond donors (Lipinski definition) is 0. The number of rotatable bonds is 10. The fourth-order valence-electron chi connectivity index (χ4n) is 3.74. The second kappa shape index (κ2) is 12.8. The molecule has 0 spiro atoms. The molecule has 1 atom stereocenters. The molecule has 0 unspecified atom stereocenters. The Morgan fingerprint density at radius 3 is 2.44 bits per heavy atom. The van der Waals surface area contributed by atoms with E-state index in [1.54, 1.807) is 31.2 Å². The molecule has 3 aromatic rings. The van der Waals surface area contributed by atoms with Gasteiger partial charge in [-0.05, 0) is 61.0 Å². The molecule has 0 aliphatic heterocycles. The Balaban J connectivity index is 1.83. The van der Waals surface area contributed by atoms with Crippen LogP contribution in [0.25, 0.3) is 11.4 Å². The van der Waals surface area contributed by atoms with Gasteiger partial charge in [-0.25, -0.2) is 14.8 Å². The van der Waals surface area contributed by atoms with Crippen molar-refractivity contribution in [2.24, 2.45) is 0 Å². The average molecular weight is 586 g/mol. The number of nitrogens with zero attached hydrogens (tertiary/aromatic N) is 3. The van der Waals surface area contributed by atoms with Gasteiger partial charge in [0.2, 0.25) is 0 Å². The predicted molar refractivity (Wildman–Crippen MR) is 150 cm³/mol.